The zero-order chi connectivity index (χ0) is 18.2. The van der Waals surface area contributed by atoms with Crippen molar-refractivity contribution in [3.8, 4) is 0 Å². The number of halogens is 3. The molecule has 0 bridgehead atoms. The van der Waals surface area contributed by atoms with Gasteiger partial charge >= 0.3 is 6.18 Å². The Morgan fingerprint density at radius 2 is 1.88 bits per heavy atom. The summed E-state index contributed by atoms with van der Waals surface area (Å²) in [6.07, 6.45) is -2.74. The maximum absolute atomic E-state index is 12.7. The Morgan fingerprint density at radius 1 is 1.25 bits per heavy atom. The first-order chi connectivity index (χ1) is 11.0. The van der Waals surface area contributed by atoms with Crippen molar-refractivity contribution in [2.24, 2.45) is 7.05 Å². The molecular weight excluding hydrogens is 323 g/mol. The summed E-state index contributed by atoms with van der Waals surface area (Å²) in [6.45, 7) is 6.62. The SMILES string of the molecule is Cc1nn(C)cc1C(C)NC(=O)C(C)n1nc(C(F)(F)F)cc1C. The van der Waals surface area contributed by atoms with E-state index in [4.69, 9.17) is 0 Å². The molecule has 1 amide bonds. The van der Waals surface area contributed by atoms with Crippen LogP contribution in [0.25, 0.3) is 0 Å². The van der Waals surface area contributed by atoms with Crippen molar-refractivity contribution in [1.82, 2.24) is 24.9 Å². The summed E-state index contributed by atoms with van der Waals surface area (Å²) in [5.41, 5.74) is 0.907. The zero-order valence-corrected chi connectivity index (χ0v) is 14.1. The molecule has 2 aromatic rings. The Bertz CT molecular complexity index is 747. The molecule has 0 spiro atoms. The lowest BCUT2D eigenvalue weighted by atomic mass is 10.1. The molecule has 2 unspecified atom stereocenters. The molecule has 0 aliphatic heterocycles. The van der Waals surface area contributed by atoms with Crippen molar-refractivity contribution in [2.45, 2.75) is 46.0 Å². The maximum Gasteiger partial charge on any atom is 0.435 e. The van der Waals surface area contributed by atoms with Crippen LogP contribution in [0, 0.1) is 13.8 Å². The molecule has 0 saturated heterocycles. The van der Waals surface area contributed by atoms with Crippen molar-refractivity contribution in [3.63, 3.8) is 0 Å². The van der Waals surface area contributed by atoms with Gasteiger partial charge in [-0.25, -0.2) is 0 Å². The lowest BCUT2D eigenvalue weighted by molar-refractivity contribution is -0.142. The number of hydrogen-bond donors (Lipinski definition) is 1. The molecule has 2 aromatic heterocycles. The van der Waals surface area contributed by atoms with Crippen LogP contribution >= 0.6 is 0 Å². The van der Waals surface area contributed by atoms with Gasteiger partial charge in [0.15, 0.2) is 5.69 Å². The summed E-state index contributed by atoms with van der Waals surface area (Å²) in [5, 5.41) is 10.5. The van der Waals surface area contributed by atoms with Gasteiger partial charge in [0.05, 0.1) is 11.7 Å². The predicted molar refractivity (Wildman–Crippen MR) is 81.2 cm³/mol. The van der Waals surface area contributed by atoms with Crippen LogP contribution in [0.3, 0.4) is 0 Å². The first-order valence-corrected chi connectivity index (χ1v) is 7.44. The number of rotatable bonds is 4. The zero-order valence-electron chi connectivity index (χ0n) is 14.1. The number of carbonyl (C=O) groups excluding carboxylic acids is 1. The molecular formula is C15H20F3N5O. The molecule has 1 N–H and O–H groups in total. The number of nitrogens with zero attached hydrogens (tertiary/aromatic N) is 4. The summed E-state index contributed by atoms with van der Waals surface area (Å²) in [7, 11) is 1.78. The summed E-state index contributed by atoms with van der Waals surface area (Å²) in [6, 6.07) is -0.245. The van der Waals surface area contributed by atoms with Gasteiger partial charge in [-0.15, -0.1) is 0 Å². The third-order valence-electron chi connectivity index (χ3n) is 3.84. The molecule has 0 aliphatic rings. The highest BCUT2D eigenvalue weighted by molar-refractivity contribution is 5.80. The van der Waals surface area contributed by atoms with Gasteiger partial charge in [-0.1, -0.05) is 0 Å². The Balaban J connectivity index is 2.15. The van der Waals surface area contributed by atoms with Crippen molar-refractivity contribution in [1.29, 1.82) is 0 Å². The van der Waals surface area contributed by atoms with Crippen LogP contribution in [0.5, 0.6) is 0 Å². The smallest absolute Gasteiger partial charge is 0.348 e. The normalized spacial score (nSPS) is 14.5. The van der Waals surface area contributed by atoms with E-state index in [1.165, 1.54) is 13.8 Å². The van der Waals surface area contributed by atoms with E-state index in [-0.39, 0.29) is 11.7 Å². The largest absolute Gasteiger partial charge is 0.435 e. The highest BCUT2D eigenvalue weighted by atomic mass is 19.4. The molecule has 2 atom stereocenters. The molecule has 2 rings (SSSR count). The van der Waals surface area contributed by atoms with E-state index in [2.05, 4.69) is 15.5 Å². The van der Waals surface area contributed by atoms with Crippen LogP contribution in [0.2, 0.25) is 0 Å². The third-order valence-corrected chi connectivity index (χ3v) is 3.84. The van der Waals surface area contributed by atoms with Crippen LogP contribution in [0.15, 0.2) is 12.3 Å². The van der Waals surface area contributed by atoms with Crippen molar-refractivity contribution in [3.05, 3.63) is 34.9 Å². The quantitative estimate of drug-likeness (QED) is 0.928. The topological polar surface area (TPSA) is 64.7 Å². The minimum atomic E-state index is -4.54. The molecule has 0 saturated carbocycles. The average Bonchev–Trinajstić information content (AvgIpc) is 3.00. The maximum atomic E-state index is 12.7. The van der Waals surface area contributed by atoms with Gasteiger partial charge in [-0.05, 0) is 33.8 Å². The number of aryl methyl sites for hydroxylation is 3. The molecule has 0 fully saturated rings. The van der Waals surface area contributed by atoms with E-state index < -0.39 is 23.8 Å². The van der Waals surface area contributed by atoms with Crippen LogP contribution in [0.1, 0.15) is 48.6 Å². The first kappa shape index (κ1) is 18.0. The number of amides is 1. The summed E-state index contributed by atoms with van der Waals surface area (Å²) >= 11 is 0. The van der Waals surface area contributed by atoms with Gasteiger partial charge in [0.1, 0.15) is 6.04 Å². The van der Waals surface area contributed by atoms with E-state index in [0.717, 1.165) is 22.0 Å². The van der Waals surface area contributed by atoms with Gasteiger partial charge in [-0.2, -0.15) is 23.4 Å². The summed E-state index contributed by atoms with van der Waals surface area (Å²) in [4.78, 5) is 12.4. The van der Waals surface area contributed by atoms with Gasteiger partial charge in [0.2, 0.25) is 5.91 Å². The number of carbonyl (C=O) groups is 1. The average molecular weight is 343 g/mol. The number of alkyl halides is 3. The second-order valence-corrected chi connectivity index (χ2v) is 5.86. The monoisotopic (exact) mass is 343 g/mol. The van der Waals surface area contributed by atoms with Gasteiger partial charge in [0, 0.05) is 24.5 Å². The second-order valence-electron chi connectivity index (χ2n) is 5.86. The molecule has 6 nitrogen and oxygen atoms in total. The fourth-order valence-corrected chi connectivity index (χ4v) is 2.58. The number of aromatic nitrogens is 4. The van der Waals surface area contributed by atoms with Crippen molar-refractivity contribution < 1.29 is 18.0 Å². The highest BCUT2D eigenvalue weighted by Gasteiger charge is 2.35. The third kappa shape index (κ3) is 3.60. The minimum Gasteiger partial charge on any atom is -0.348 e. The Hall–Kier alpha value is -2.32. The van der Waals surface area contributed by atoms with E-state index >= 15 is 0 Å². The van der Waals surface area contributed by atoms with Crippen LogP contribution in [-0.2, 0) is 18.0 Å². The van der Waals surface area contributed by atoms with Crippen LogP contribution < -0.4 is 5.32 Å². The van der Waals surface area contributed by atoms with E-state index in [1.807, 2.05) is 6.92 Å². The molecule has 0 aromatic carbocycles. The lowest BCUT2D eigenvalue weighted by Gasteiger charge is -2.18. The molecule has 132 valence electrons. The standard InChI is InChI=1S/C15H20F3N5O/c1-8-6-13(15(16,17)18)21-23(8)11(4)14(24)19-9(2)12-7-22(5)20-10(12)3/h6-7,9,11H,1-5H3,(H,19,24). The first-order valence-electron chi connectivity index (χ1n) is 7.44. The minimum absolute atomic E-state index is 0.273. The second kappa shape index (κ2) is 6.29. The van der Waals surface area contributed by atoms with E-state index in [0.29, 0.717) is 0 Å². The number of nitrogens with one attached hydrogen (secondary N) is 1. The van der Waals surface area contributed by atoms with Gasteiger partial charge in [-0.3, -0.25) is 14.2 Å². The number of hydrogen-bond acceptors (Lipinski definition) is 3. The fourth-order valence-electron chi connectivity index (χ4n) is 2.58. The van der Waals surface area contributed by atoms with Gasteiger partial charge in [0.25, 0.3) is 0 Å². The summed E-state index contributed by atoms with van der Waals surface area (Å²) in [5.74, 6) is -0.411. The van der Waals surface area contributed by atoms with E-state index in [9.17, 15) is 18.0 Å². The summed E-state index contributed by atoms with van der Waals surface area (Å²) < 4.78 is 40.9. The van der Waals surface area contributed by atoms with Crippen molar-refractivity contribution >= 4 is 5.91 Å². The predicted octanol–water partition coefficient (Wildman–Crippen LogP) is 2.69. The highest BCUT2D eigenvalue weighted by Crippen LogP contribution is 2.29. The Morgan fingerprint density at radius 3 is 2.33 bits per heavy atom. The molecule has 0 aliphatic carbocycles. The Kier molecular flexibility index (Phi) is 4.73. The Labute approximate surface area is 137 Å². The molecule has 0 radical (unpaired) electrons. The van der Waals surface area contributed by atoms with E-state index in [1.54, 1.807) is 24.9 Å². The van der Waals surface area contributed by atoms with Gasteiger partial charge < -0.3 is 5.32 Å². The van der Waals surface area contributed by atoms with Crippen LogP contribution in [-0.4, -0.2) is 25.5 Å². The lowest BCUT2D eigenvalue weighted by Crippen LogP contribution is -2.34. The fraction of sp³-hybridized carbons (Fsp3) is 0.533. The molecule has 2 heterocycles. The molecule has 9 heteroatoms. The van der Waals surface area contributed by atoms with Crippen molar-refractivity contribution in [2.75, 3.05) is 0 Å². The molecule has 24 heavy (non-hydrogen) atoms. The van der Waals surface area contributed by atoms with Crippen LogP contribution in [0.4, 0.5) is 13.2 Å².